The van der Waals surface area contributed by atoms with E-state index in [4.69, 9.17) is 5.11 Å². The minimum absolute atomic E-state index is 0.0679. The van der Waals surface area contributed by atoms with E-state index in [9.17, 15) is 9.59 Å². The molecule has 1 aliphatic carbocycles. The van der Waals surface area contributed by atoms with Crippen molar-refractivity contribution in [3.8, 4) is 0 Å². The number of benzene rings is 1. The molecule has 1 aromatic carbocycles. The van der Waals surface area contributed by atoms with Crippen molar-refractivity contribution >= 4 is 34.5 Å². The molecule has 0 heterocycles. The molecular formula is C15H18INO3. The van der Waals surface area contributed by atoms with Crippen LogP contribution in [0.2, 0.25) is 0 Å². The van der Waals surface area contributed by atoms with Gasteiger partial charge in [-0.3, -0.25) is 9.59 Å². The van der Waals surface area contributed by atoms with Crippen molar-refractivity contribution in [2.45, 2.75) is 38.6 Å². The van der Waals surface area contributed by atoms with E-state index in [2.05, 4.69) is 27.9 Å². The van der Waals surface area contributed by atoms with Crippen molar-refractivity contribution in [3.63, 3.8) is 0 Å². The van der Waals surface area contributed by atoms with Crippen LogP contribution in [-0.2, 0) is 4.79 Å². The number of carbonyl (C=O) groups excluding carboxylic acids is 1. The molecule has 4 nitrogen and oxygen atoms in total. The molecule has 0 aromatic heterocycles. The summed E-state index contributed by atoms with van der Waals surface area (Å²) < 4.78 is 1.07. The van der Waals surface area contributed by atoms with Gasteiger partial charge in [0.1, 0.15) is 0 Å². The number of rotatable bonds is 3. The first-order chi connectivity index (χ1) is 9.47. The molecule has 0 bridgehead atoms. The third-order valence-electron chi connectivity index (χ3n) is 3.85. The molecule has 0 spiro atoms. The first-order valence-electron chi connectivity index (χ1n) is 6.77. The van der Waals surface area contributed by atoms with Crippen LogP contribution in [0.5, 0.6) is 0 Å². The van der Waals surface area contributed by atoms with Crippen molar-refractivity contribution in [2.75, 3.05) is 0 Å². The van der Waals surface area contributed by atoms with Crippen molar-refractivity contribution < 1.29 is 14.7 Å². The van der Waals surface area contributed by atoms with E-state index in [0.717, 1.165) is 22.0 Å². The van der Waals surface area contributed by atoms with E-state index in [1.54, 1.807) is 0 Å². The number of nitrogens with one attached hydrogen (secondary N) is 1. The predicted octanol–water partition coefficient (Wildman–Crippen LogP) is 2.97. The summed E-state index contributed by atoms with van der Waals surface area (Å²) in [4.78, 5) is 23.0. The maximum absolute atomic E-state index is 12.2. The van der Waals surface area contributed by atoms with Gasteiger partial charge in [-0.2, -0.15) is 0 Å². The normalized spacial score (nSPS) is 22.3. The SMILES string of the molecule is Cc1ccc(C(=O)NC2CCC(C(=O)O)CC2)cc1I. The third-order valence-corrected chi connectivity index (χ3v) is 5.01. The lowest BCUT2D eigenvalue weighted by Gasteiger charge is -2.26. The molecular weight excluding hydrogens is 369 g/mol. The molecule has 0 saturated heterocycles. The van der Waals surface area contributed by atoms with Crippen LogP contribution in [0, 0.1) is 16.4 Å². The molecule has 1 amide bonds. The zero-order valence-electron chi connectivity index (χ0n) is 11.4. The van der Waals surface area contributed by atoms with E-state index in [1.165, 1.54) is 0 Å². The van der Waals surface area contributed by atoms with Gasteiger partial charge in [-0.1, -0.05) is 6.07 Å². The van der Waals surface area contributed by atoms with E-state index in [-0.39, 0.29) is 17.9 Å². The van der Waals surface area contributed by atoms with Crippen molar-refractivity contribution in [1.29, 1.82) is 0 Å². The Morgan fingerprint density at radius 3 is 2.45 bits per heavy atom. The fraction of sp³-hybridized carbons (Fsp3) is 0.467. The topological polar surface area (TPSA) is 66.4 Å². The molecule has 2 N–H and O–H groups in total. The number of halogens is 1. The Hall–Kier alpha value is -1.11. The second-order valence-electron chi connectivity index (χ2n) is 5.32. The van der Waals surface area contributed by atoms with E-state index in [1.807, 2.05) is 25.1 Å². The first-order valence-corrected chi connectivity index (χ1v) is 7.85. The van der Waals surface area contributed by atoms with Gasteiger partial charge < -0.3 is 10.4 Å². The van der Waals surface area contributed by atoms with Crippen LogP contribution in [0.3, 0.4) is 0 Å². The highest BCUT2D eigenvalue weighted by molar-refractivity contribution is 14.1. The van der Waals surface area contributed by atoms with Gasteiger partial charge in [0, 0.05) is 15.2 Å². The number of carboxylic acid groups (broad SMARTS) is 1. The second kappa shape index (κ2) is 6.56. The van der Waals surface area contributed by atoms with Crippen LogP contribution >= 0.6 is 22.6 Å². The Morgan fingerprint density at radius 2 is 1.90 bits per heavy atom. The number of hydrogen-bond donors (Lipinski definition) is 2. The lowest BCUT2D eigenvalue weighted by Crippen LogP contribution is -2.38. The lowest BCUT2D eigenvalue weighted by molar-refractivity contribution is -0.142. The number of carboxylic acids is 1. The maximum atomic E-state index is 12.2. The van der Waals surface area contributed by atoms with Crippen LogP contribution < -0.4 is 5.32 Å². The average Bonchev–Trinajstić information content (AvgIpc) is 2.42. The van der Waals surface area contributed by atoms with Crippen LogP contribution in [0.15, 0.2) is 18.2 Å². The summed E-state index contributed by atoms with van der Waals surface area (Å²) in [7, 11) is 0. The predicted molar refractivity (Wildman–Crippen MR) is 84.7 cm³/mol. The van der Waals surface area contributed by atoms with Gasteiger partial charge in [-0.25, -0.2) is 0 Å². The summed E-state index contributed by atoms with van der Waals surface area (Å²) in [5.41, 5.74) is 1.82. The van der Waals surface area contributed by atoms with Crippen LogP contribution in [0.4, 0.5) is 0 Å². The van der Waals surface area contributed by atoms with Crippen molar-refractivity contribution in [2.24, 2.45) is 5.92 Å². The van der Waals surface area contributed by atoms with Crippen LogP contribution in [0.25, 0.3) is 0 Å². The van der Waals surface area contributed by atoms with Gasteiger partial charge in [0.15, 0.2) is 0 Å². The number of amides is 1. The number of aliphatic carboxylic acids is 1. The van der Waals surface area contributed by atoms with E-state index < -0.39 is 5.97 Å². The monoisotopic (exact) mass is 387 g/mol. The Bertz CT molecular complexity index is 522. The number of carbonyl (C=O) groups is 2. The summed E-state index contributed by atoms with van der Waals surface area (Å²) >= 11 is 2.22. The second-order valence-corrected chi connectivity index (χ2v) is 6.49. The van der Waals surface area contributed by atoms with Crippen molar-refractivity contribution in [1.82, 2.24) is 5.32 Å². The van der Waals surface area contributed by atoms with Gasteiger partial charge in [0.2, 0.25) is 0 Å². The largest absolute Gasteiger partial charge is 0.481 e. The molecule has 1 saturated carbocycles. The van der Waals surface area contributed by atoms with E-state index in [0.29, 0.717) is 18.4 Å². The Kier molecular flexibility index (Phi) is 5.01. The number of hydrogen-bond acceptors (Lipinski definition) is 2. The third kappa shape index (κ3) is 3.71. The summed E-state index contributed by atoms with van der Waals surface area (Å²) in [6, 6.07) is 5.75. The summed E-state index contributed by atoms with van der Waals surface area (Å²) in [5, 5.41) is 12.0. The fourth-order valence-electron chi connectivity index (χ4n) is 2.49. The molecule has 0 unspecified atom stereocenters. The minimum Gasteiger partial charge on any atom is -0.481 e. The van der Waals surface area contributed by atoms with Gasteiger partial charge >= 0.3 is 5.97 Å². The highest BCUT2D eigenvalue weighted by Crippen LogP contribution is 2.24. The fourth-order valence-corrected chi connectivity index (χ4v) is 3.00. The summed E-state index contributed by atoms with van der Waals surface area (Å²) in [6.45, 7) is 2.01. The Labute approximate surface area is 132 Å². The van der Waals surface area contributed by atoms with Gasteiger partial charge in [-0.15, -0.1) is 0 Å². The minimum atomic E-state index is -0.720. The highest BCUT2D eigenvalue weighted by atomic mass is 127. The molecule has 1 aliphatic rings. The molecule has 5 heteroatoms. The molecule has 20 heavy (non-hydrogen) atoms. The van der Waals surface area contributed by atoms with Crippen LogP contribution in [0.1, 0.15) is 41.6 Å². The van der Waals surface area contributed by atoms with Crippen molar-refractivity contribution in [3.05, 3.63) is 32.9 Å². The molecule has 0 atom stereocenters. The Morgan fingerprint density at radius 1 is 1.25 bits per heavy atom. The van der Waals surface area contributed by atoms with Gasteiger partial charge in [0.25, 0.3) is 5.91 Å². The average molecular weight is 387 g/mol. The molecule has 1 fully saturated rings. The summed E-state index contributed by atoms with van der Waals surface area (Å²) in [5.74, 6) is -1.03. The molecule has 0 aliphatic heterocycles. The molecule has 108 valence electrons. The number of aryl methyl sites for hydroxylation is 1. The zero-order valence-corrected chi connectivity index (χ0v) is 13.5. The molecule has 1 aromatic rings. The first kappa shape index (κ1) is 15.3. The lowest BCUT2D eigenvalue weighted by atomic mass is 9.86. The Balaban J connectivity index is 1.92. The quantitative estimate of drug-likeness (QED) is 0.784. The molecule has 0 radical (unpaired) electrons. The standard InChI is InChI=1S/C15H18INO3/c1-9-2-3-11(8-13(9)16)14(18)17-12-6-4-10(5-7-12)15(19)20/h2-3,8,10,12H,4-7H2,1H3,(H,17,18)(H,19,20). The smallest absolute Gasteiger partial charge is 0.306 e. The highest BCUT2D eigenvalue weighted by Gasteiger charge is 2.26. The summed E-state index contributed by atoms with van der Waals surface area (Å²) in [6.07, 6.45) is 2.77. The van der Waals surface area contributed by atoms with Gasteiger partial charge in [0.05, 0.1) is 5.92 Å². The zero-order chi connectivity index (χ0) is 14.7. The van der Waals surface area contributed by atoms with E-state index >= 15 is 0 Å². The van der Waals surface area contributed by atoms with Crippen LogP contribution in [-0.4, -0.2) is 23.0 Å². The maximum Gasteiger partial charge on any atom is 0.306 e. The molecule has 2 rings (SSSR count). The van der Waals surface area contributed by atoms with Gasteiger partial charge in [-0.05, 0) is 72.9 Å².